The van der Waals surface area contributed by atoms with Gasteiger partial charge in [-0.25, -0.2) is 0 Å². The highest BCUT2D eigenvalue weighted by molar-refractivity contribution is 5.30. The Morgan fingerprint density at radius 1 is 0.929 bits per heavy atom. The lowest BCUT2D eigenvalue weighted by atomic mass is 9.79. The van der Waals surface area contributed by atoms with Gasteiger partial charge in [-0.2, -0.15) is 0 Å². The smallest absolute Gasteiger partial charge is 0.119 e. The summed E-state index contributed by atoms with van der Waals surface area (Å²) in [5.41, 5.74) is 1.47. The number of rotatable bonds is 6. The third-order valence-electron chi connectivity index (χ3n) is 6.76. The molecule has 28 heavy (non-hydrogen) atoms. The maximum atomic E-state index is 5.70. The standard InChI is InChI=1S/C27H38O/c1-3-21-28-27-19-17-26(18-20-27)25-15-13-24(14-16-25)8-6-5-7-23-11-9-22(4-2)10-12-23/h5,7,17-20,22-25H,3-4,9-16,21H2,1-2H3/b7-5+. The first-order valence-corrected chi connectivity index (χ1v) is 11.7. The quantitative estimate of drug-likeness (QED) is 0.465. The zero-order valence-electron chi connectivity index (χ0n) is 18.0. The Bertz CT molecular complexity index is 644. The lowest BCUT2D eigenvalue weighted by Gasteiger charge is -2.26. The van der Waals surface area contributed by atoms with Crippen molar-refractivity contribution in [2.45, 2.75) is 84.0 Å². The van der Waals surface area contributed by atoms with Crippen LogP contribution in [-0.2, 0) is 0 Å². The second kappa shape index (κ2) is 11.4. The van der Waals surface area contributed by atoms with Gasteiger partial charge >= 0.3 is 0 Å². The minimum atomic E-state index is 0.587. The highest BCUT2D eigenvalue weighted by atomic mass is 16.5. The number of benzene rings is 1. The number of hydrogen-bond donors (Lipinski definition) is 0. The molecule has 0 aliphatic heterocycles. The van der Waals surface area contributed by atoms with Gasteiger partial charge in [0.2, 0.25) is 0 Å². The van der Waals surface area contributed by atoms with E-state index in [1.54, 1.807) is 0 Å². The summed E-state index contributed by atoms with van der Waals surface area (Å²) in [6, 6.07) is 8.79. The molecular formula is C27H38O. The SMILES string of the molecule is CCCOc1ccc(C2CCC(C#C/C=C/C3CCC(CC)CC3)CC2)cc1. The zero-order chi connectivity index (χ0) is 19.6. The van der Waals surface area contributed by atoms with Gasteiger partial charge in [-0.1, -0.05) is 50.3 Å². The first-order valence-electron chi connectivity index (χ1n) is 11.7. The molecule has 0 spiro atoms. The average molecular weight is 379 g/mol. The molecule has 3 rings (SSSR count). The van der Waals surface area contributed by atoms with E-state index in [1.165, 1.54) is 63.4 Å². The number of hydrogen-bond acceptors (Lipinski definition) is 1. The second-order valence-corrected chi connectivity index (χ2v) is 8.80. The highest BCUT2D eigenvalue weighted by Gasteiger charge is 2.21. The highest BCUT2D eigenvalue weighted by Crippen LogP contribution is 2.36. The van der Waals surface area contributed by atoms with Crippen LogP contribution in [-0.4, -0.2) is 6.61 Å². The second-order valence-electron chi connectivity index (χ2n) is 8.80. The molecule has 0 aromatic heterocycles. The Balaban J connectivity index is 1.40. The summed E-state index contributed by atoms with van der Waals surface area (Å²) in [6.07, 6.45) is 17.5. The minimum Gasteiger partial charge on any atom is -0.494 e. The molecule has 0 heterocycles. The summed E-state index contributed by atoms with van der Waals surface area (Å²) in [7, 11) is 0. The fourth-order valence-electron chi connectivity index (χ4n) is 4.77. The van der Waals surface area contributed by atoms with Crippen LogP contribution in [0.1, 0.15) is 89.5 Å². The van der Waals surface area contributed by atoms with Gasteiger partial charge in [-0.05, 0) is 99.3 Å². The van der Waals surface area contributed by atoms with E-state index >= 15 is 0 Å². The van der Waals surface area contributed by atoms with Gasteiger partial charge in [0.25, 0.3) is 0 Å². The Labute approximate surface area is 173 Å². The van der Waals surface area contributed by atoms with Gasteiger partial charge in [0.1, 0.15) is 5.75 Å². The van der Waals surface area contributed by atoms with Crippen molar-refractivity contribution in [2.24, 2.45) is 17.8 Å². The van der Waals surface area contributed by atoms with E-state index in [9.17, 15) is 0 Å². The molecule has 1 aromatic rings. The molecule has 2 aliphatic carbocycles. The maximum Gasteiger partial charge on any atom is 0.119 e. The van der Waals surface area contributed by atoms with Gasteiger partial charge in [-0.3, -0.25) is 0 Å². The van der Waals surface area contributed by atoms with E-state index in [1.807, 2.05) is 0 Å². The normalized spacial score (nSPS) is 27.9. The van der Waals surface area contributed by atoms with E-state index in [0.717, 1.165) is 30.6 Å². The van der Waals surface area contributed by atoms with Crippen molar-refractivity contribution in [1.82, 2.24) is 0 Å². The molecule has 1 aromatic carbocycles. The van der Waals surface area contributed by atoms with Crippen LogP contribution in [0.4, 0.5) is 0 Å². The Kier molecular flexibility index (Phi) is 8.53. The van der Waals surface area contributed by atoms with Gasteiger partial charge < -0.3 is 4.74 Å². The van der Waals surface area contributed by atoms with E-state index in [4.69, 9.17) is 4.74 Å². The lowest BCUT2D eigenvalue weighted by Crippen LogP contribution is -2.12. The summed E-state index contributed by atoms with van der Waals surface area (Å²) in [5, 5.41) is 0. The number of allylic oxidation sites excluding steroid dienone is 2. The first-order chi connectivity index (χ1) is 13.8. The monoisotopic (exact) mass is 378 g/mol. The van der Waals surface area contributed by atoms with Gasteiger partial charge in [-0.15, -0.1) is 0 Å². The maximum absolute atomic E-state index is 5.70. The van der Waals surface area contributed by atoms with Crippen molar-refractivity contribution >= 4 is 0 Å². The number of ether oxygens (including phenoxy) is 1. The van der Waals surface area contributed by atoms with Crippen molar-refractivity contribution in [1.29, 1.82) is 0 Å². The molecule has 0 bridgehead atoms. The van der Waals surface area contributed by atoms with E-state index in [-0.39, 0.29) is 0 Å². The first kappa shape index (κ1) is 21.0. The predicted octanol–water partition coefficient (Wildman–Crippen LogP) is 7.53. The average Bonchev–Trinajstić information content (AvgIpc) is 2.76. The van der Waals surface area contributed by atoms with Crippen LogP contribution in [0, 0.1) is 29.6 Å². The van der Waals surface area contributed by atoms with Crippen molar-refractivity contribution in [2.75, 3.05) is 6.61 Å². The van der Waals surface area contributed by atoms with Crippen LogP contribution in [0.2, 0.25) is 0 Å². The third-order valence-corrected chi connectivity index (χ3v) is 6.76. The topological polar surface area (TPSA) is 9.23 Å². The van der Waals surface area contributed by atoms with Crippen molar-refractivity contribution in [3.05, 3.63) is 42.0 Å². The molecule has 0 N–H and O–H groups in total. The third kappa shape index (κ3) is 6.44. The van der Waals surface area contributed by atoms with Gasteiger partial charge in [0.05, 0.1) is 6.61 Å². The molecule has 0 amide bonds. The Morgan fingerprint density at radius 3 is 2.29 bits per heavy atom. The molecule has 2 saturated carbocycles. The molecule has 0 unspecified atom stereocenters. The summed E-state index contributed by atoms with van der Waals surface area (Å²) in [6.45, 7) is 5.28. The van der Waals surface area contributed by atoms with Gasteiger partial charge in [0.15, 0.2) is 0 Å². The molecule has 1 heteroatoms. The molecule has 1 nitrogen and oxygen atoms in total. The largest absolute Gasteiger partial charge is 0.494 e. The van der Waals surface area contributed by atoms with Gasteiger partial charge in [0, 0.05) is 5.92 Å². The molecular weight excluding hydrogens is 340 g/mol. The Hall–Kier alpha value is -1.68. The van der Waals surface area contributed by atoms with E-state index in [2.05, 4.69) is 62.1 Å². The summed E-state index contributed by atoms with van der Waals surface area (Å²) in [5.74, 6) is 10.9. The molecule has 0 atom stereocenters. The predicted molar refractivity (Wildman–Crippen MR) is 120 cm³/mol. The van der Waals surface area contributed by atoms with Crippen molar-refractivity contribution in [3.63, 3.8) is 0 Å². The fraction of sp³-hybridized carbons (Fsp3) is 0.630. The van der Waals surface area contributed by atoms with Crippen molar-refractivity contribution < 1.29 is 4.74 Å². The van der Waals surface area contributed by atoms with Crippen LogP contribution >= 0.6 is 0 Å². The summed E-state index contributed by atoms with van der Waals surface area (Å²) >= 11 is 0. The zero-order valence-corrected chi connectivity index (χ0v) is 18.0. The van der Waals surface area contributed by atoms with E-state index in [0.29, 0.717) is 11.8 Å². The van der Waals surface area contributed by atoms with Crippen LogP contribution in [0.25, 0.3) is 0 Å². The minimum absolute atomic E-state index is 0.587. The summed E-state index contributed by atoms with van der Waals surface area (Å²) < 4.78 is 5.70. The van der Waals surface area contributed by atoms with Crippen molar-refractivity contribution in [3.8, 4) is 17.6 Å². The molecule has 2 fully saturated rings. The molecule has 0 saturated heterocycles. The van der Waals surface area contributed by atoms with Crippen LogP contribution in [0.15, 0.2) is 36.4 Å². The molecule has 152 valence electrons. The molecule has 0 radical (unpaired) electrons. The van der Waals surface area contributed by atoms with Crippen LogP contribution in [0.3, 0.4) is 0 Å². The fourth-order valence-corrected chi connectivity index (χ4v) is 4.77. The summed E-state index contributed by atoms with van der Waals surface area (Å²) in [4.78, 5) is 0. The Morgan fingerprint density at radius 2 is 1.64 bits per heavy atom. The van der Waals surface area contributed by atoms with Crippen LogP contribution < -0.4 is 4.74 Å². The molecule has 2 aliphatic rings. The van der Waals surface area contributed by atoms with E-state index < -0.39 is 0 Å². The van der Waals surface area contributed by atoms with Crippen LogP contribution in [0.5, 0.6) is 5.75 Å². The lowest BCUT2D eigenvalue weighted by molar-refractivity contribution is 0.304.